The number of aliphatic carboxylic acids is 1. The summed E-state index contributed by atoms with van der Waals surface area (Å²) in [6.07, 6.45) is 8.29. The van der Waals surface area contributed by atoms with E-state index in [0.29, 0.717) is 52.8 Å². The van der Waals surface area contributed by atoms with Crippen molar-refractivity contribution in [1.29, 1.82) is 0 Å². The van der Waals surface area contributed by atoms with Crippen LogP contribution in [0.2, 0.25) is 0 Å². The van der Waals surface area contributed by atoms with E-state index in [9.17, 15) is 9.90 Å². The van der Waals surface area contributed by atoms with Gasteiger partial charge in [0, 0.05) is 18.8 Å². The monoisotopic (exact) mass is 392 g/mol. The summed E-state index contributed by atoms with van der Waals surface area (Å²) in [5.74, 6) is 2.88. The number of hydrogen-bond acceptors (Lipinski definition) is 2. The summed E-state index contributed by atoms with van der Waals surface area (Å²) < 4.78 is 0. The lowest BCUT2D eigenvalue weighted by atomic mass is 9.44. The van der Waals surface area contributed by atoms with Gasteiger partial charge in [0.15, 0.2) is 0 Å². The Bertz CT molecular complexity index is 609. The molecule has 4 nitrogen and oxygen atoms in total. The fourth-order valence-electron chi connectivity index (χ4n) is 8.76. The van der Waals surface area contributed by atoms with E-state index in [1.807, 2.05) is 0 Å². The van der Waals surface area contributed by atoms with Crippen LogP contribution < -0.4 is 4.90 Å². The largest absolute Gasteiger partial charge is 0.481 e. The highest BCUT2D eigenvalue weighted by Crippen LogP contribution is 2.67. The Hall–Kier alpha value is -0.610. The molecule has 10 atom stereocenters. The lowest BCUT2D eigenvalue weighted by Gasteiger charge is -2.62. The second-order valence-electron chi connectivity index (χ2n) is 11.6. The van der Waals surface area contributed by atoms with Crippen LogP contribution in [0.1, 0.15) is 72.1 Å². The number of piperidine rings is 1. The zero-order chi connectivity index (χ0) is 20.3. The van der Waals surface area contributed by atoms with Gasteiger partial charge in [-0.2, -0.15) is 0 Å². The third-order valence-electron chi connectivity index (χ3n) is 10.3. The zero-order valence-corrected chi connectivity index (χ0v) is 18.4. The molecule has 28 heavy (non-hydrogen) atoms. The maximum atomic E-state index is 11.3. The van der Waals surface area contributed by atoms with Gasteiger partial charge in [0.2, 0.25) is 0 Å². The fraction of sp³-hybridized carbons (Fsp3) is 0.958. The number of nitrogens with one attached hydrogen (secondary N) is 1. The molecule has 0 aromatic carbocycles. The highest BCUT2D eigenvalue weighted by Gasteiger charge is 2.63. The normalized spacial score (nSPS) is 51.7. The maximum absolute atomic E-state index is 11.3. The first-order chi connectivity index (χ1) is 13.2. The third-order valence-corrected chi connectivity index (χ3v) is 10.3. The van der Waals surface area contributed by atoms with Gasteiger partial charge in [-0.1, -0.05) is 20.8 Å². The molecule has 0 bridgehead atoms. The molecule has 4 aliphatic rings. The van der Waals surface area contributed by atoms with E-state index in [2.05, 4.69) is 27.8 Å². The standard InChI is InChI=1S/C24H41NO3/c1-15(5-8-21(27)28)17-6-7-18-22-19(9-10-24(17,18)3)23(2)11-12-25(4)14-16(23)13-20(22)26/h15-20,22,26H,5-14H2,1-4H3,(H,27,28)/p+1/t15-,16-,17-,18+,19+,20+,22+,23+,24-/m1/s1. The summed E-state index contributed by atoms with van der Waals surface area (Å²) >= 11 is 0. The fourth-order valence-corrected chi connectivity index (χ4v) is 8.76. The van der Waals surface area contributed by atoms with Crippen molar-refractivity contribution in [2.45, 2.75) is 78.2 Å². The number of aliphatic hydroxyl groups excluding tert-OH is 1. The summed E-state index contributed by atoms with van der Waals surface area (Å²) in [7, 11) is 2.32. The Labute approximate surface area is 171 Å². The van der Waals surface area contributed by atoms with Crippen LogP contribution in [0.4, 0.5) is 0 Å². The Morgan fingerprint density at radius 2 is 1.86 bits per heavy atom. The molecule has 3 aliphatic carbocycles. The van der Waals surface area contributed by atoms with Gasteiger partial charge >= 0.3 is 5.97 Å². The SMILES string of the molecule is C[C@H](CCC(=O)O)[C@H]1CC[C@H]2[C@@H]3[C@@H](O)C[C@@H]4C[NH+](C)CC[C@]4(C)[C@H]3CC[C@]12C. The van der Waals surface area contributed by atoms with Gasteiger partial charge in [-0.25, -0.2) is 0 Å². The Kier molecular flexibility index (Phi) is 5.36. The van der Waals surface area contributed by atoms with Crippen molar-refractivity contribution in [1.82, 2.24) is 0 Å². The van der Waals surface area contributed by atoms with Crippen LogP contribution in [0, 0.1) is 46.3 Å². The number of carboxylic acids is 1. The van der Waals surface area contributed by atoms with Crippen LogP contribution >= 0.6 is 0 Å². The highest BCUT2D eigenvalue weighted by atomic mass is 16.4. The molecule has 1 unspecified atom stereocenters. The van der Waals surface area contributed by atoms with Crippen molar-refractivity contribution in [3.05, 3.63) is 0 Å². The van der Waals surface area contributed by atoms with Crippen molar-refractivity contribution < 1.29 is 19.9 Å². The first-order valence-corrected chi connectivity index (χ1v) is 11.9. The summed E-state index contributed by atoms with van der Waals surface area (Å²) in [6, 6.07) is 0. The predicted octanol–water partition coefficient (Wildman–Crippen LogP) is 2.85. The van der Waals surface area contributed by atoms with Gasteiger partial charge in [-0.05, 0) is 78.9 Å². The quantitative estimate of drug-likeness (QED) is 0.689. The average Bonchev–Trinajstić information content (AvgIpc) is 2.98. The zero-order valence-electron chi connectivity index (χ0n) is 18.4. The minimum Gasteiger partial charge on any atom is -0.481 e. The molecule has 3 N–H and O–H groups in total. The van der Waals surface area contributed by atoms with E-state index in [1.54, 1.807) is 4.90 Å². The number of rotatable bonds is 4. The summed E-state index contributed by atoms with van der Waals surface area (Å²) in [5.41, 5.74) is 0.706. The number of aliphatic hydroxyl groups is 1. The molecule has 0 spiro atoms. The van der Waals surface area contributed by atoms with Crippen LogP contribution in [-0.2, 0) is 4.79 Å². The smallest absolute Gasteiger partial charge is 0.303 e. The predicted molar refractivity (Wildman–Crippen MR) is 110 cm³/mol. The Morgan fingerprint density at radius 1 is 1.14 bits per heavy atom. The lowest BCUT2D eigenvalue weighted by molar-refractivity contribution is -0.893. The molecule has 1 aliphatic heterocycles. The summed E-state index contributed by atoms with van der Waals surface area (Å²) in [4.78, 5) is 12.7. The molecular formula is C24H42NO3+. The molecule has 1 heterocycles. The minimum absolute atomic E-state index is 0.133. The van der Waals surface area contributed by atoms with Gasteiger partial charge in [0.05, 0.1) is 26.2 Å². The number of hydrogen-bond donors (Lipinski definition) is 3. The molecule has 3 saturated carbocycles. The number of quaternary nitrogens is 1. The van der Waals surface area contributed by atoms with Gasteiger partial charge in [-0.3, -0.25) is 4.79 Å². The number of carboxylic acid groups (broad SMARTS) is 1. The molecule has 0 aromatic rings. The molecule has 4 fully saturated rings. The van der Waals surface area contributed by atoms with Crippen molar-refractivity contribution in [2.24, 2.45) is 46.3 Å². The molecule has 0 radical (unpaired) electrons. The van der Waals surface area contributed by atoms with Gasteiger partial charge in [-0.15, -0.1) is 0 Å². The molecule has 160 valence electrons. The van der Waals surface area contributed by atoms with Gasteiger partial charge in [0.1, 0.15) is 0 Å². The van der Waals surface area contributed by atoms with E-state index in [-0.39, 0.29) is 6.10 Å². The molecule has 0 amide bonds. The highest BCUT2D eigenvalue weighted by molar-refractivity contribution is 5.66. The van der Waals surface area contributed by atoms with Crippen LogP contribution in [0.3, 0.4) is 0 Å². The average molecular weight is 393 g/mol. The Morgan fingerprint density at radius 3 is 2.57 bits per heavy atom. The van der Waals surface area contributed by atoms with Crippen molar-refractivity contribution >= 4 is 5.97 Å². The molecule has 1 saturated heterocycles. The first kappa shape index (κ1) is 20.7. The van der Waals surface area contributed by atoms with Crippen LogP contribution in [0.5, 0.6) is 0 Å². The molecule has 4 heteroatoms. The third kappa shape index (κ3) is 3.14. The van der Waals surface area contributed by atoms with Crippen molar-refractivity contribution in [3.63, 3.8) is 0 Å². The van der Waals surface area contributed by atoms with Crippen LogP contribution in [0.25, 0.3) is 0 Å². The van der Waals surface area contributed by atoms with Gasteiger partial charge in [0.25, 0.3) is 0 Å². The number of carbonyl (C=O) groups is 1. The van der Waals surface area contributed by atoms with Gasteiger partial charge < -0.3 is 15.1 Å². The Balaban J connectivity index is 1.55. The van der Waals surface area contributed by atoms with E-state index in [0.717, 1.165) is 12.8 Å². The van der Waals surface area contributed by atoms with E-state index in [4.69, 9.17) is 5.11 Å². The van der Waals surface area contributed by atoms with Crippen LogP contribution in [0.15, 0.2) is 0 Å². The summed E-state index contributed by atoms with van der Waals surface area (Å²) in [6.45, 7) is 9.83. The molecular weight excluding hydrogens is 350 g/mol. The minimum atomic E-state index is -0.665. The van der Waals surface area contributed by atoms with Crippen molar-refractivity contribution in [3.8, 4) is 0 Å². The molecule has 0 aromatic heterocycles. The summed E-state index contributed by atoms with van der Waals surface area (Å²) in [5, 5.41) is 20.4. The van der Waals surface area contributed by atoms with Crippen molar-refractivity contribution in [2.75, 3.05) is 20.1 Å². The van der Waals surface area contributed by atoms with E-state index in [1.165, 1.54) is 45.2 Å². The van der Waals surface area contributed by atoms with E-state index >= 15 is 0 Å². The topological polar surface area (TPSA) is 62.0 Å². The lowest BCUT2D eigenvalue weighted by Crippen LogP contribution is -3.11. The van der Waals surface area contributed by atoms with E-state index < -0.39 is 5.97 Å². The van der Waals surface area contributed by atoms with Crippen LogP contribution in [-0.4, -0.2) is 42.4 Å². The first-order valence-electron chi connectivity index (χ1n) is 11.9. The second-order valence-corrected chi connectivity index (χ2v) is 11.6. The number of fused-ring (bicyclic) bond motifs is 5. The molecule has 4 rings (SSSR count). The second kappa shape index (κ2) is 7.27. The maximum Gasteiger partial charge on any atom is 0.303 e. The number of likely N-dealkylation sites (tertiary alicyclic amines) is 1.